The Labute approximate surface area is 127 Å². The van der Waals surface area contributed by atoms with Gasteiger partial charge in [-0.3, -0.25) is 0 Å². The van der Waals surface area contributed by atoms with E-state index in [1.54, 1.807) is 0 Å². The van der Waals surface area contributed by atoms with Gasteiger partial charge in [0.25, 0.3) is 0 Å². The van der Waals surface area contributed by atoms with Crippen molar-refractivity contribution >= 4 is 23.5 Å². The van der Waals surface area contributed by atoms with Gasteiger partial charge in [0.2, 0.25) is 11.7 Å². The van der Waals surface area contributed by atoms with E-state index in [1.807, 2.05) is 23.5 Å². The highest BCUT2D eigenvalue weighted by Gasteiger charge is 2.21. The molecule has 0 amide bonds. The van der Waals surface area contributed by atoms with E-state index in [4.69, 9.17) is 4.52 Å². The lowest BCUT2D eigenvalue weighted by atomic mass is 10.2. The molecule has 1 aliphatic rings. The summed E-state index contributed by atoms with van der Waals surface area (Å²) in [6, 6.07) is 8.50. The molecule has 0 spiro atoms. The monoisotopic (exact) mass is 307 g/mol. The van der Waals surface area contributed by atoms with Gasteiger partial charge in [-0.25, -0.2) is 0 Å². The van der Waals surface area contributed by atoms with Crippen molar-refractivity contribution in [2.24, 2.45) is 0 Å². The fourth-order valence-electron chi connectivity index (χ4n) is 2.08. The Balaban J connectivity index is 1.75. The zero-order valence-electron chi connectivity index (χ0n) is 11.3. The first kappa shape index (κ1) is 14.0. The normalized spacial score (nSPS) is 19.1. The standard InChI is InChI=1S/C14H17N3OS2/c1-2-20-11-5-3-10(4-6-11)13-16-14(18-17-13)12-9-19-8-7-15-12/h3-6,12,15H,2,7-9H2,1H3. The van der Waals surface area contributed by atoms with Crippen LogP contribution in [0, 0.1) is 0 Å². The lowest BCUT2D eigenvalue weighted by molar-refractivity contribution is 0.342. The number of hydrogen-bond donors (Lipinski definition) is 1. The third-order valence-electron chi connectivity index (χ3n) is 3.09. The Morgan fingerprint density at radius 3 is 2.95 bits per heavy atom. The van der Waals surface area contributed by atoms with Crippen LogP contribution in [0.5, 0.6) is 0 Å². The summed E-state index contributed by atoms with van der Waals surface area (Å²) in [6.07, 6.45) is 0. The third-order valence-corrected chi connectivity index (χ3v) is 5.04. The molecule has 0 saturated carbocycles. The molecular formula is C14H17N3OS2. The van der Waals surface area contributed by atoms with Gasteiger partial charge >= 0.3 is 0 Å². The molecule has 1 saturated heterocycles. The maximum atomic E-state index is 5.39. The van der Waals surface area contributed by atoms with Crippen molar-refractivity contribution in [3.8, 4) is 11.4 Å². The molecule has 0 radical (unpaired) electrons. The molecule has 0 bridgehead atoms. The lowest BCUT2D eigenvalue weighted by Gasteiger charge is -2.19. The number of rotatable bonds is 4. The van der Waals surface area contributed by atoms with Crippen LogP contribution >= 0.6 is 23.5 Å². The van der Waals surface area contributed by atoms with E-state index in [1.165, 1.54) is 4.90 Å². The van der Waals surface area contributed by atoms with E-state index >= 15 is 0 Å². The van der Waals surface area contributed by atoms with Gasteiger partial charge in [0.05, 0.1) is 6.04 Å². The number of nitrogens with one attached hydrogen (secondary N) is 1. The quantitative estimate of drug-likeness (QED) is 0.875. The van der Waals surface area contributed by atoms with Crippen LogP contribution in [0.15, 0.2) is 33.7 Å². The third kappa shape index (κ3) is 3.19. The molecule has 20 heavy (non-hydrogen) atoms. The van der Waals surface area contributed by atoms with Gasteiger partial charge in [0, 0.05) is 28.5 Å². The van der Waals surface area contributed by atoms with Crippen LogP contribution in [-0.4, -0.2) is 33.9 Å². The second-order valence-electron chi connectivity index (χ2n) is 4.50. The molecule has 6 heteroatoms. The highest BCUT2D eigenvalue weighted by molar-refractivity contribution is 7.99. The van der Waals surface area contributed by atoms with Gasteiger partial charge in [-0.2, -0.15) is 16.7 Å². The molecule has 4 nitrogen and oxygen atoms in total. The summed E-state index contributed by atoms with van der Waals surface area (Å²) in [5.74, 6) is 4.59. The van der Waals surface area contributed by atoms with E-state index in [0.29, 0.717) is 11.7 Å². The van der Waals surface area contributed by atoms with Crippen molar-refractivity contribution in [1.29, 1.82) is 0 Å². The van der Waals surface area contributed by atoms with Crippen LogP contribution < -0.4 is 5.32 Å². The van der Waals surface area contributed by atoms with Crippen LogP contribution in [0.3, 0.4) is 0 Å². The van der Waals surface area contributed by atoms with Gasteiger partial charge in [-0.1, -0.05) is 12.1 Å². The number of thioether (sulfide) groups is 2. The van der Waals surface area contributed by atoms with Crippen molar-refractivity contribution in [2.75, 3.05) is 23.8 Å². The molecule has 2 heterocycles. The molecule has 3 rings (SSSR count). The number of hydrogen-bond acceptors (Lipinski definition) is 6. The number of benzene rings is 1. The maximum absolute atomic E-state index is 5.39. The predicted molar refractivity (Wildman–Crippen MR) is 84.2 cm³/mol. The van der Waals surface area contributed by atoms with Crippen molar-refractivity contribution in [3.63, 3.8) is 0 Å². The van der Waals surface area contributed by atoms with Crippen LogP contribution in [0.4, 0.5) is 0 Å². The lowest BCUT2D eigenvalue weighted by Crippen LogP contribution is -2.30. The van der Waals surface area contributed by atoms with Gasteiger partial charge in [0.15, 0.2) is 0 Å². The average Bonchev–Trinajstić information content (AvgIpc) is 2.99. The van der Waals surface area contributed by atoms with E-state index in [2.05, 4.69) is 46.6 Å². The van der Waals surface area contributed by atoms with Crippen molar-refractivity contribution < 1.29 is 4.52 Å². The summed E-state index contributed by atoms with van der Waals surface area (Å²) in [6.45, 7) is 3.15. The highest BCUT2D eigenvalue weighted by atomic mass is 32.2. The molecule has 1 aliphatic heterocycles. The summed E-state index contributed by atoms with van der Waals surface area (Å²) >= 11 is 3.75. The number of nitrogens with zero attached hydrogens (tertiary/aromatic N) is 2. The molecule has 1 unspecified atom stereocenters. The summed E-state index contributed by atoms with van der Waals surface area (Å²) in [5, 5.41) is 7.50. The van der Waals surface area contributed by atoms with Gasteiger partial charge in [-0.15, -0.1) is 11.8 Å². The van der Waals surface area contributed by atoms with Crippen LogP contribution in [0.1, 0.15) is 18.9 Å². The van der Waals surface area contributed by atoms with Crippen LogP contribution in [0.25, 0.3) is 11.4 Å². The van der Waals surface area contributed by atoms with E-state index < -0.39 is 0 Å². The Hall–Kier alpha value is -0.980. The molecule has 1 N–H and O–H groups in total. The maximum Gasteiger partial charge on any atom is 0.244 e. The smallest absolute Gasteiger partial charge is 0.244 e. The van der Waals surface area contributed by atoms with E-state index in [9.17, 15) is 0 Å². The minimum absolute atomic E-state index is 0.185. The highest BCUT2D eigenvalue weighted by Crippen LogP contribution is 2.25. The first-order valence-corrected chi connectivity index (χ1v) is 8.89. The average molecular weight is 307 g/mol. The Morgan fingerprint density at radius 1 is 1.40 bits per heavy atom. The zero-order chi connectivity index (χ0) is 13.8. The molecule has 0 aliphatic carbocycles. The first-order valence-electron chi connectivity index (χ1n) is 6.75. The molecule has 1 aromatic heterocycles. The Morgan fingerprint density at radius 2 is 2.25 bits per heavy atom. The summed E-state index contributed by atoms with van der Waals surface area (Å²) in [7, 11) is 0. The van der Waals surface area contributed by atoms with E-state index in [-0.39, 0.29) is 6.04 Å². The Kier molecular flexibility index (Phi) is 4.65. The predicted octanol–water partition coefficient (Wildman–Crippen LogP) is 3.23. The fraction of sp³-hybridized carbons (Fsp3) is 0.429. The SMILES string of the molecule is CCSc1ccc(-c2noc(C3CSCCN3)n2)cc1. The van der Waals surface area contributed by atoms with Gasteiger partial charge < -0.3 is 9.84 Å². The second-order valence-corrected chi connectivity index (χ2v) is 6.98. The molecule has 1 aromatic carbocycles. The van der Waals surface area contributed by atoms with Crippen molar-refractivity contribution in [3.05, 3.63) is 30.2 Å². The topological polar surface area (TPSA) is 51.0 Å². The zero-order valence-corrected chi connectivity index (χ0v) is 13.0. The largest absolute Gasteiger partial charge is 0.337 e. The van der Waals surface area contributed by atoms with Crippen molar-refractivity contribution in [2.45, 2.75) is 17.9 Å². The van der Waals surface area contributed by atoms with Crippen LogP contribution in [0.2, 0.25) is 0 Å². The van der Waals surface area contributed by atoms with Gasteiger partial charge in [-0.05, 0) is 30.0 Å². The minimum Gasteiger partial charge on any atom is -0.337 e. The molecule has 1 atom stereocenters. The Bertz CT molecular complexity index is 550. The summed E-state index contributed by atoms with van der Waals surface area (Å²) in [4.78, 5) is 5.79. The molecular weight excluding hydrogens is 290 g/mol. The molecule has 106 valence electrons. The fourth-order valence-corrected chi connectivity index (χ4v) is 3.67. The minimum atomic E-state index is 0.185. The first-order chi connectivity index (χ1) is 9.86. The summed E-state index contributed by atoms with van der Waals surface area (Å²) < 4.78 is 5.39. The van der Waals surface area contributed by atoms with Crippen molar-refractivity contribution in [1.82, 2.24) is 15.5 Å². The van der Waals surface area contributed by atoms with Crippen LogP contribution in [-0.2, 0) is 0 Å². The second kappa shape index (κ2) is 6.65. The summed E-state index contributed by atoms with van der Waals surface area (Å²) in [5.41, 5.74) is 1.00. The van der Waals surface area contributed by atoms with E-state index in [0.717, 1.165) is 29.4 Å². The molecule has 2 aromatic rings. The molecule has 1 fully saturated rings. The van der Waals surface area contributed by atoms with Gasteiger partial charge in [0.1, 0.15) is 0 Å². The number of aromatic nitrogens is 2.